The summed E-state index contributed by atoms with van der Waals surface area (Å²) in [5.74, 6) is 0. The highest BCUT2D eigenvalue weighted by atomic mass is 32.3. The van der Waals surface area contributed by atoms with Crippen LogP contribution in [0.15, 0.2) is 0 Å². The molecule has 0 amide bonds. The van der Waals surface area contributed by atoms with Crippen LogP contribution in [0, 0.1) is 0 Å². The Kier molecular flexibility index (Phi) is 4.30. The number of sulfonamides is 2. The zero-order valence-corrected chi connectivity index (χ0v) is 8.94. The Hall–Kier alpha value is -0.180. The van der Waals surface area contributed by atoms with E-state index in [1.165, 1.54) is 0 Å². The summed E-state index contributed by atoms with van der Waals surface area (Å²) < 4.78 is 41.5. The van der Waals surface area contributed by atoms with Crippen LogP contribution in [0.25, 0.3) is 0 Å². The van der Waals surface area contributed by atoms with Crippen molar-refractivity contribution in [1.29, 1.82) is 0 Å². The number of hydrogen-bond donors (Lipinski definition) is 2. The highest BCUT2D eigenvalue weighted by Crippen LogP contribution is 2.11. The van der Waals surface area contributed by atoms with Gasteiger partial charge in [-0.25, -0.2) is 27.1 Å². The summed E-state index contributed by atoms with van der Waals surface area (Å²) in [7, 11) is -8.22. The van der Waals surface area contributed by atoms with E-state index in [1.54, 1.807) is 0 Å². The standard InChI is InChI=1S/C5H14N2O4S2/c1-2-3-4-5(12(6,8)9)13(7,10)11/h5H,2-4H2,1H3,(H2,6,8,9)(H2,7,10,11). The number of hydrogen-bond acceptors (Lipinski definition) is 4. The van der Waals surface area contributed by atoms with Crippen molar-refractivity contribution in [2.45, 2.75) is 30.8 Å². The van der Waals surface area contributed by atoms with Crippen molar-refractivity contribution < 1.29 is 16.8 Å². The topological polar surface area (TPSA) is 120 Å². The van der Waals surface area contributed by atoms with Crippen LogP contribution in [0.5, 0.6) is 0 Å². The molecule has 0 radical (unpaired) electrons. The molecular weight excluding hydrogens is 216 g/mol. The fraction of sp³-hybridized carbons (Fsp3) is 1.00. The lowest BCUT2D eigenvalue weighted by molar-refractivity contribution is 0.566. The Bertz CT molecular complexity index is 313. The first-order valence-electron chi connectivity index (χ1n) is 3.72. The summed E-state index contributed by atoms with van der Waals surface area (Å²) in [6.07, 6.45) is 1.09. The minimum absolute atomic E-state index is 0.0475. The molecule has 0 aliphatic heterocycles. The third kappa shape index (κ3) is 4.55. The summed E-state index contributed by atoms with van der Waals surface area (Å²) in [5.41, 5.74) is 0. The summed E-state index contributed by atoms with van der Waals surface area (Å²) >= 11 is 0. The third-order valence-electron chi connectivity index (χ3n) is 1.53. The Morgan fingerprint density at radius 2 is 1.46 bits per heavy atom. The van der Waals surface area contributed by atoms with Gasteiger partial charge in [0, 0.05) is 0 Å². The van der Waals surface area contributed by atoms with Crippen molar-refractivity contribution in [1.82, 2.24) is 0 Å². The lowest BCUT2D eigenvalue weighted by Crippen LogP contribution is -2.39. The highest BCUT2D eigenvalue weighted by Gasteiger charge is 2.31. The average Bonchev–Trinajstić information content (AvgIpc) is 1.81. The van der Waals surface area contributed by atoms with E-state index >= 15 is 0 Å². The quantitative estimate of drug-likeness (QED) is 0.634. The van der Waals surface area contributed by atoms with Crippen LogP contribution in [0.4, 0.5) is 0 Å². The predicted molar refractivity (Wildman–Crippen MR) is 49.5 cm³/mol. The van der Waals surface area contributed by atoms with Crippen molar-refractivity contribution in [2.75, 3.05) is 0 Å². The van der Waals surface area contributed by atoms with Crippen molar-refractivity contribution in [3.8, 4) is 0 Å². The van der Waals surface area contributed by atoms with Gasteiger partial charge in [0.1, 0.15) is 0 Å². The maximum absolute atomic E-state index is 10.8. The molecule has 0 saturated heterocycles. The van der Waals surface area contributed by atoms with Gasteiger partial charge in [0.05, 0.1) is 0 Å². The molecule has 0 fully saturated rings. The fourth-order valence-electron chi connectivity index (χ4n) is 0.886. The van der Waals surface area contributed by atoms with Gasteiger partial charge in [0.15, 0.2) is 4.58 Å². The highest BCUT2D eigenvalue weighted by molar-refractivity contribution is 8.07. The smallest absolute Gasteiger partial charge is 0.227 e. The molecule has 0 atom stereocenters. The first-order valence-corrected chi connectivity index (χ1v) is 6.94. The summed E-state index contributed by atoms with van der Waals surface area (Å²) in [5, 5.41) is 9.44. The minimum Gasteiger partial charge on any atom is -0.228 e. The van der Waals surface area contributed by atoms with Gasteiger partial charge in [-0.3, -0.25) is 0 Å². The summed E-state index contributed by atoms with van der Waals surface area (Å²) in [4.78, 5) is 0. The molecule has 0 rings (SSSR count). The monoisotopic (exact) mass is 230 g/mol. The molecule has 0 aliphatic carbocycles. The zero-order valence-electron chi connectivity index (χ0n) is 7.30. The molecule has 0 aliphatic rings. The molecule has 4 N–H and O–H groups in total. The van der Waals surface area contributed by atoms with Gasteiger partial charge in [-0.1, -0.05) is 19.8 Å². The molecule has 80 valence electrons. The molecule has 13 heavy (non-hydrogen) atoms. The molecule has 0 heterocycles. The molecule has 0 unspecified atom stereocenters. The maximum atomic E-state index is 10.8. The van der Waals surface area contributed by atoms with E-state index in [0.717, 1.165) is 0 Å². The van der Waals surface area contributed by atoms with Gasteiger partial charge in [0.2, 0.25) is 20.0 Å². The van der Waals surface area contributed by atoms with Crippen molar-refractivity contribution in [3.05, 3.63) is 0 Å². The third-order valence-corrected chi connectivity index (χ3v) is 5.07. The number of unbranched alkanes of at least 4 members (excludes halogenated alkanes) is 1. The molecule has 0 bridgehead atoms. The van der Waals surface area contributed by atoms with Gasteiger partial charge in [-0.05, 0) is 6.42 Å². The van der Waals surface area contributed by atoms with E-state index in [9.17, 15) is 16.8 Å². The van der Waals surface area contributed by atoms with Gasteiger partial charge in [-0.15, -0.1) is 0 Å². The molecule has 0 aromatic carbocycles. The second-order valence-corrected chi connectivity index (χ2v) is 6.54. The average molecular weight is 230 g/mol. The lowest BCUT2D eigenvalue weighted by atomic mass is 10.3. The SMILES string of the molecule is CCCCC(S(N)(=O)=O)S(N)(=O)=O. The molecule has 6 nitrogen and oxygen atoms in total. The van der Waals surface area contributed by atoms with Gasteiger partial charge in [-0.2, -0.15) is 0 Å². The Labute approximate surface area is 78.4 Å². The number of primary sulfonamides is 2. The van der Waals surface area contributed by atoms with Crippen molar-refractivity contribution in [2.24, 2.45) is 10.3 Å². The summed E-state index contributed by atoms with van der Waals surface area (Å²) in [6, 6.07) is 0. The van der Waals surface area contributed by atoms with Crippen LogP contribution in [-0.4, -0.2) is 21.4 Å². The normalized spacial score (nSPS) is 13.5. The van der Waals surface area contributed by atoms with Gasteiger partial charge >= 0.3 is 0 Å². The van der Waals surface area contributed by atoms with E-state index in [4.69, 9.17) is 10.3 Å². The van der Waals surface area contributed by atoms with E-state index < -0.39 is 24.6 Å². The van der Waals surface area contributed by atoms with Crippen LogP contribution in [-0.2, 0) is 20.0 Å². The van der Waals surface area contributed by atoms with Crippen LogP contribution in [0.1, 0.15) is 26.2 Å². The minimum atomic E-state index is -4.11. The van der Waals surface area contributed by atoms with Crippen LogP contribution >= 0.6 is 0 Å². The van der Waals surface area contributed by atoms with Crippen molar-refractivity contribution >= 4 is 20.0 Å². The Morgan fingerprint density at radius 3 is 1.69 bits per heavy atom. The lowest BCUT2D eigenvalue weighted by Gasteiger charge is -2.10. The first-order chi connectivity index (χ1) is 5.69. The Morgan fingerprint density at radius 1 is 1.08 bits per heavy atom. The molecular formula is C5H14N2O4S2. The van der Waals surface area contributed by atoms with Crippen LogP contribution < -0.4 is 10.3 Å². The van der Waals surface area contributed by atoms with Crippen LogP contribution in [0.2, 0.25) is 0 Å². The van der Waals surface area contributed by atoms with Crippen LogP contribution in [0.3, 0.4) is 0 Å². The van der Waals surface area contributed by atoms with E-state index in [2.05, 4.69) is 0 Å². The summed E-state index contributed by atoms with van der Waals surface area (Å²) in [6.45, 7) is 1.81. The maximum Gasteiger partial charge on any atom is 0.227 e. The molecule has 0 aromatic rings. The van der Waals surface area contributed by atoms with E-state index in [1.807, 2.05) is 6.92 Å². The molecule has 0 aromatic heterocycles. The van der Waals surface area contributed by atoms with E-state index in [0.29, 0.717) is 12.8 Å². The predicted octanol–water partition coefficient (Wildman–Crippen LogP) is -0.920. The van der Waals surface area contributed by atoms with Gasteiger partial charge in [0.25, 0.3) is 0 Å². The largest absolute Gasteiger partial charge is 0.228 e. The molecule has 0 spiro atoms. The van der Waals surface area contributed by atoms with Gasteiger partial charge < -0.3 is 0 Å². The number of nitrogens with two attached hydrogens (primary N) is 2. The fourth-order valence-corrected chi connectivity index (χ4v) is 3.37. The van der Waals surface area contributed by atoms with Crippen molar-refractivity contribution in [3.63, 3.8) is 0 Å². The second-order valence-electron chi connectivity index (χ2n) is 2.75. The Balaban J connectivity index is 4.81. The second kappa shape index (κ2) is 4.36. The molecule has 8 heteroatoms. The van der Waals surface area contributed by atoms with E-state index in [-0.39, 0.29) is 6.42 Å². The number of rotatable bonds is 5. The molecule has 0 saturated carbocycles. The zero-order chi connectivity index (χ0) is 10.7. The first kappa shape index (κ1) is 12.8.